The van der Waals surface area contributed by atoms with Gasteiger partial charge < -0.3 is 10.2 Å². The third kappa shape index (κ3) is 3.46. The van der Waals surface area contributed by atoms with Crippen molar-refractivity contribution in [3.05, 3.63) is 29.3 Å². The first-order valence-corrected chi connectivity index (χ1v) is 8.23. The topological polar surface area (TPSA) is 49.4 Å². The molecule has 1 aliphatic heterocycles. The Kier molecular flexibility index (Phi) is 3.92. The van der Waals surface area contributed by atoms with E-state index in [2.05, 4.69) is 35.5 Å². The number of anilines is 1. The van der Waals surface area contributed by atoms with Crippen molar-refractivity contribution in [2.75, 3.05) is 37.0 Å². The molecular formula is C13H20N2O2S. The summed E-state index contributed by atoms with van der Waals surface area (Å²) in [6.07, 6.45) is 2.36. The van der Waals surface area contributed by atoms with Crippen molar-refractivity contribution in [1.82, 2.24) is 5.32 Å². The average molecular weight is 268 g/mol. The fourth-order valence-corrected chi connectivity index (χ4v) is 2.74. The van der Waals surface area contributed by atoms with Gasteiger partial charge in [-0.25, -0.2) is 8.42 Å². The molecule has 1 aromatic rings. The molecule has 100 valence electrons. The van der Waals surface area contributed by atoms with Gasteiger partial charge in [-0.15, -0.1) is 0 Å². The van der Waals surface area contributed by atoms with Crippen LogP contribution in [0.4, 0.5) is 5.69 Å². The zero-order chi connectivity index (χ0) is 13.2. The highest BCUT2D eigenvalue weighted by molar-refractivity contribution is 7.90. The van der Waals surface area contributed by atoms with Gasteiger partial charge in [0.1, 0.15) is 9.84 Å². The minimum absolute atomic E-state index is 0.195. The molecule has 0 aliphatic carbocycles. The maximum Gasteiger partial charge on any atom is 0.148 e. The second-order valence-corrected chi connectivity index (χ2v) is 7.20. The molecule has 5 heteroatoms. The Labute approximate surface area is 109 Å². The van der Waals surface area contributed by atoms with E-state index in [0.29, 0.717) is 6.54 Å². The van der Waals surface area contributed by atoms with E-state index in [1.165, 1.54) is 23.1 Å². The number of nitrogens with one attached hydrogen (secondary N) is 1. The third-order valence-corrected chi connectivity index (χ3v) is 4.20. The first-order valence-electron chi connectivity index (χ1n) is 6.17. The van der Waals surface area contributed by atoms with E-state index in [0.717, 1.165) is 19.5 Å². The molecule has 0 bridgehead atoms. The first kappa shape index (κ1) is 13.4. The van der Waals surface area contributed by atoms with Crippen LogP contribution in [-0.2, 0) is 22.8 Å². The second kappa shape index (κ2) is 5.28. The molecule has 0 unspecified atom stereocenters. The molecule has 1 heterocycles. The summed E-state index contributed by atoms with van der Waals surface area (Å²) < 4.78 is 22.0. The monoisotopic (exact) mass is 268 g/mol. The first-order chi connectivity index (χ1) is 8.46. The summed E-state index contributed by atoms with van der Waals surface area (Å²) in [6.45, 7) is 2.32. The molecule has 18 heavy (non-hydrogen) atoms. The van der Waals surface area contributed by atoms with Crippen LogP contribution in [0.5, 0.6) is 0 Å². The lowest BCUT2D eigenvalue weighted by molar-refractivity contribution is 0.596. The lowest BCUT2D eigenvalue weighted by Gasteiger charge is -2.12. The number of fused-ring (bicyclic) bond motifs is 1. The van der Waals surface area contributed by atoms with Gasteiger partial charge in [0.05, 0.1) is 5.75 Å². The number of hydrogen-bond donors (Lipinski definition) is 1. The molecule has 4 nitrogen and oxygen atoms in total. The van der Waals surface area contributed by atoms with Gasteiger partial charge in [0, 0.05) is 38.6 Å². The normalized spacial score (nSPS) is 14.9. The smallest absolute Gasteiger partial charge is 0.148 e. The van der Waals surface area contributed by atoms with E-state index in [1.807, 2.05) is 0 Å². The summed E-state index contributed by atoms with van der Waals surface area (Å²) in [6, 6.07) is 6.47. The van der Waals surface area contributed by atoms with Crippen molar-refractivity contribution in [1.29, 1.82) is 0 Å². The molecule has 0 spiro atoms. The molecule has 0 atom stereocenters. The second-order valence-electron chi connectivity index (χ2n) is 4.94. The highest BCUT2D eigenvalue weighted by atomic mass is 32.2. The number of likely N-dealkylation sites (N-methyl/N-ethyl adjacent to an activating group) is 1. The quantitative estimate of drug-likeness (QED) is 0.803. The summed E-state index contributed by atoms with van der Waals surface area (Å²) in [4.78, 5) is 2.26. The van der Waals surface area contributed by atoms with E-state index in [-0.39, 0.29) is 5.75 Å². The average Bonchev–Trinajstić information content (AvgIpc) is 2.65. The number of nitrogens with zero attached hydrogens (tertiary/aromatic N) is 1. The Hall–Kier alpha value is -1.07. The summed E-state index contributed by atoms with van der Waals surface area (Å²) in [5, 5.41) is 3.17. The van der Waals surface area contributed by atoms with Crippen LogP contribution in [0.3, 0.4) is 0 Å². The minimum Gasteiger partial charge on any atom is -0.374 e. The van der Waals surface area contributed by atoms with Crippen LogP contribution in [0.2, 0.25) is 0 Å². The van der Waals surface area contributed by atoms with E-state index in [1.54, 1.807) is 0 Å². The highest BCUT2D eigenvalue weighted by Crippen LogP contribution is 2.27. The lowest BCUT2D eigenvalue weighted by Crippen LogP contribution is -2.22. The van der Waals surface area contributed by atoms with Crippen LogP contribution in [0.25, 0.3) is 0 Å². The van der Waals surface area contributed by atoms with Crippen LogP contribution in [0.1, 0.15) is 11.1 Å². The predicted molar refractivity (Wildman–Crippen MR) is 74.8 cm³/mol. The molecule has 1 aromatic carbocycles. The van der Waals surface area contributed by atoms with Gasteiger partial charge in [0.15, 0.2) is 0 Å². The van der Waals surface area contributed by atoms with E-state index >= 15 is 0 Å². The predicted octanol–water partition coefficient (Wildman–Crippen LogP) is 0.813. The van der Waals surface area contributed by atoms with Crippen molar-refractivity contribution in [3.8, 4) is 0 Å². The molecule has 1 aliphatic rings. The maximum absolute atomic E-state index is 11.0. The van der Waals surface area contributed by atoms with Crippen LogP contribution < -0.4 is 10.2 Å². The summed E-state index contributed by atoms with van der Waals surface area (Å²) in [5.74, 6) is 0.195. The summed E-state index contributed by atoms with van der Waals surface area (Å²) in [7, 11) is -0.758. The highest BCUT2D eigenvalue weighted by Gasteiger charge is 2.15. The Bertz CT molecular complexity index is 526. The van der Waals surface area contributed by atoms with Crippen molar-refractivity contribution < 1.29 is 8.42 Å². The minimum atomic E-state index is -2.86. The third-order valence-electron chi connectivity index (χ3n) is 3.25. The van der Waals surface area contributed by atoms with Crippen molar-refractivity contribution >= 4 is 15.5 Å². The van der Waals surface area contributed by atoms with Crippen LogP contribution >= 0.6 is 0 Å². The molecule has 0 saturated heterocycles. The van der Waals surface area contributed by atoms with E-state index < -0.39 is 9.84 Å². The van der Waals surface area contributed by atoms with E-state index in [9.17, 15) is 8.42 Å². The van der Waals surface area contributed by atoms with Crippen molar-refractivity contribution in [2.45, 2.75) is 13.0 Å². The Morgan fingerprint density at radius 3 is 2.89 bits per heavy atom. The molecule has 2 rings (SSSR count). The van der Waals surface area contributed by atoms with Gasteiger partial charge in [-0.2, -0.15) is 0 Å². The number of sulfone groups is 1. The van der Waals surface area contributed by atoms with Crippen LogP contribution in [0, 0.1) is 0 Å². The SMILES string of the molecule is CN1CCc2cc(CNCCS(C)(=O)=O)ccc21. The van der Waals surface area contributed by atoms with E-state index in [4.69, 9.17) is 0 Å². The Balaban J connectivity index is 1.88. The van der Waals surface area contributed by atoms with Gasteiger partial charge >= 0.3 is 0 Å². The fraction of sp³-hybridized carbons (Fsp3) is 0.538. The maximum atomic E-state index is 11.0. The van der Waals surface area contributed by atoms with Gasteiger partial charge in [-0.05, 0) is 23.6 Å². The molecule has 0 saturated carbocycles. The molecule has 0 aromatic heterocycles. The number of hydrogen-bond acceptors (Lipinski definition) is 4. The van der Waals surface area contributed by atoms with Crippen molar-refractivity contribution in [3.63, 3.8) is 0 Å². The van der Waals surface area contributed by atoms with Crippen LogP contribution in [-0.4, -0.2) is 40.6 Å². The largest absolute Gasteiger partial charge is 0.374 e. The molecule has 0 fully saturated rings. The molecular weight excluding hydrogens is 248 g/mol. The standard InChI is InChI=1S/C13H20N2O2S/c1-15-7-5-12-9-11(3-4-13(12)15)10-14-6-8-18(2,16)17/h3-4,9,14H,5-8,10H2,1-2H3. The summed E-state index contributed by atoms with van der Waals surface area (Å²) in [5.41, 5.74) is 3.92. The lowest BCUT2D eigenvalue weighted by atomic mass is 10.1. The van der Waals surface area contributed by atoms with Gasteiger partial charge in [-0.1, -0.05) is 12.1 Å². The molecule has 0 amide bonds. The molecule has 0 radical (unpaired) electrons. The fourth-order valence-electron chi connectivity index (χ4n) is 2.22. The Morgan fingerprint density at radius 1 is 1.39 bits per heavy atom. The van der Waals surface area contributed by atoms with Crippen LogP contribution in [0.15, 0.2) is 18.2 Å². The van der Waals surface area contributed by atoms with Crippen molar-refractivity contribution in [2.24, 2.45) is 0 Å². The zero-order valence-electron chi connectivity index (χ0n) is 10.9. The zero-order valence-corrected chi connectivity index (χ0v) is 11.8. The number of benzene rings is 1. The van der Waals surface area contributed by atoms with Gasteiger partial charge in [-0.3, -0.25) is 0 Å². The number of rotatable bonds is 5. The Morgan fingerprint density at radius 2 is 2.17 bits per heavy atom. The van der Waals surface area contributed by atoms with Gasteiger partial charge in [0.25, 0.3) is 0 Å². The summed E-state index contributed by atoms with van der Waals surface area (Å²) >= 11 is 0. The molecule has 1 N–H and O–H groups in total. The van der Waals surface area contributed by atoms with Gasteiger partial charge in [0.2, 0.25) is 0 Å².